The molecule has 0 bridgehead atoms. The third kappa shape index (κ3) is 3.23. The van der Waals surface area contributed by atoms with Gasteiger partial charge in [-0.1, -0.05) is 18.3 Å². The van der Waals surface area contributed by atoms with E-state index in [9.17, 15) is 4.79 Å². The summed E-state index contributed by atoms with van der Waals surface area (Å²) in [6.07, 6.45) is 1.90. The summed E-state index contributed by atoms with van der Waals surface area (Å²) in [4.78, 5) is 17.5. The first-order chi connectivity index (χ1) is 10.7. The number of nitrogens with one attached hydrogen (secondary N) is 1. The van der Waals surface area contributed by atoms with Crippen LogP contribution in [0.2, 0.25) is 0 Å². The summed E-state index contributed by atoms with van der Waals surface area (Å²) in [6, 6.07) is 2.01. The fraction of sp³-hybridized carbons (Fsp3) is 0.286. The van der Waals surface area contributed by atoms with Crippen LogP contribution < -0.4 is 5.32 Å². The van der Waals surface area contributed by atoms with Crippen molar-refractivity contribution in [1.82, 2.24) is 15.2 Å². The van der Waals surface area contributed by atoms with Crippen LogP contribution in [0.4, 0.5) is 5.13 Å². The number of anilines is 1. The maximum absolute atomic E-state index is 12.4. The van der Waals surface area contributed by atoms with Crippen LogP contribution in [0.1, 0.15) is 33.7 Å². The summed E-state index contributed by atoms with van der Waals surface area (Å²) in [7, 11) is 0. The molecule has 3 aromatic rings. The van der Waals surface area contributed by atoms with Gasteiger partial charge in [0.1, 0.15) is 14.9 Å². The van der Waals surface area contributed by atoms with Crippen LogP contribution in [-0.4, -0.2) is 21.1 Å². The van der Waals surface area contributed by atoms with Gasteiger partial charge in [0.25, 0.3) is 5.91 Å². The molecule has 0 saturated carbocycles. The molecule has 0 aliphatic rings. The molecule has 0 radical (unpaired) electrons. The third-order valence-corrected chi connectivity index (χ3v) is 5.71. The van der Waals surface area contributed by atoms with E-state index in [1.54, 1.807) is 11.3 Å². The molecule has 114 valence electrons. The molecule has 0 atom stereocenters. The van der Waals surface area contributed by atoms with Gasteiger partial charge in [-0.05, 0) is 24.8 Å². The number of aryl methyl sites for hydroxylation is 2. The number of carbonyl (C=O) groups is 1. The highest BCUT2D eigenvalue weighted by Gasteiger charge is 2.18. The number of carbonyl (C=O) groups excluding carboxylic acids is 1. The van der Waals surface area contributed by atoms with Gasteiger partial charge in [0.2, 0.25) is 5.13 Å². The van der Waals surface area contributed by atoms with Crippen molar-refractivity contribution in [3.63, 3.8) is 0 Å². The standard InChI is InChI=1S/C14H14N4OS3/c1-3-4-10-17-18-14(21-10)16-12(19)11-8(2)15-13(22-11)9-5-6-20-7-9/h5-7H,3-4H2,1-2H3,(H,16,18,19). The van der Waals surface area contributed by atoms with Crippen LogP contribution >= 0.6 is 34.0 Å². The Kier molecular flexibility index (Phi) is 4.60. The Hall–Kier alpha value is -1.64. The second-order valence-corrected chi connectivity index (χ2v) is 7.49. The van der Waals surface area contributed by atoms with Gasteiger partial charge in [0.15, 0.2) is 0 Å². The molecule has 0 saturated heterocycles. The Balaban J connectivity index is 1.77. The summed E-state index contributed by atoms with van der Waals surface area (Å²) < 4.78 is 0. The molecule has 3 heterocycles. The summed E-state index contributed by atoms with van der Waals surface area (Å²) in [6.45, 7) is 3.94. The van der Waals surface area contributed by atoms with Gasteiger partial charge in [-0.2, -0.15) is 11.3 Å². The number of aromatic nitrogens is 3. The van der Waals surface area contributed by atoms with E-state index in [2.05, 4.69) is 27.4 Å². The number of amides is 1. The van der Waals surface area contributed by atoms with E-state index < -0.39 is 0 Å². The maximum atomic E-state index is 12.4. The first kappa shape index (κ1) is 15.3. The monoisotopic (exact) mass is 350 g/mol. The number of thiazole rings is 1. The molecule has 5 nitrogen and oxygen atoms in total. The van der Waals surface area contributed by atoms with E-state index in [-0.39, 0.29) is 5.91 Å². The van der Waals surface area contributed by atoms with Crippen molar-refractivity contribution in [3.8, 4) is 10.6 Å². The molecule has 8 heteroatoms. The van der Waals surface area contributed by atoms with Gasteiger partial charge in [-0.3, -0.25) is 10.1 Å². The highest BCUT2D eigenvalue weighted by Crippen LogP contribution is 2.30. The zero-order valence-corrected chi connectivity index (χ0v) is 14.6. The first-order valence-electron chi connectivity index (χ1n) is 6.81. The molecule has 0 aliphatic carbocycles. The molecule has 1 N–H and O–H groups in total. The fourth-order valence-corrected chi connectivity index (χ4v) is 4.40. The average Bonchev–Trinajstić information content (AvgIpc) is 3.19. The van der Waals surface area contributed by atoms with Crippen molar-refractivity contribution in [1.29, 1.82) is 0 Å². The Labute approximate surface area is 140 Å². The minimum absolute atomic E-state index is 0.171. The zero-order valence-electron chi connectivity index (χ0n) is 12.1. The predicted octanol–water partition coefficient (Wildman–Crippen LogP) is 4.24. The van der Waals surface area contributed by atoms with Crippen molar-refractivity contribution in [3.05, 3.63) is 32.4 Å². The molecule has 1 amide bonds. The van der Waals surface area contributed by atoms with E-state index in [1.807, 2.05) is 23.8 Å². The minimum atomic E-state index is -0.171. The lowest BCUT2D eigenvalue weighted by molar-refractivity contribution is 0.102. The SMILES string of the molecule is CCCc1nnc(NC(=O)c2sc(-c3ccsc3)nc2C)s1. The van der Waals surface area contributed by atoms with Crippen molar-refractivity contribution in [2.24, 2.45) is 0 Å². The smallest absolute Gasteiger partial charge is 0.269 e. The van der Waals surface area contributed by atoms with Gasteiger partial charge < -0.3 is 0 Å². The molecule has 22 heavy (non-hydrogen) atoms. The van der Waals surface area contributed by atoms with Crippen molar-refractivity contribution >= 4 is 45.0 Å². The van der Waals surface area contributed by atoms with E-state index in [4.69, 9.17) is 0 Å². The summed E-state index contributed by atoms with van der Waals surface area (Å²) in [5.41, 5.74) is 1.79. The largest absolute Gasteiger partial charge is 0.296 e. The molecule has 3 aromatic heterocycles. The number of hydrogen-bond acceptors (Lipinski definition) is 7. The predicted molar refractivity (Wildman–Crippen MR) is 92.0 cm³/mol. The van der Waals surface area contributed by atoms with Crippen molar-refractivity contribution in [2.75, 3.05) is 5.32 Å². The zero-order chi connectivity index (χ0) is 15.5. The van der Waals surface area contributed by atoms with Gasteiger partial charge in [-0.25, -0.2) is 4.98 Å². The van der Waals surface area contributed by atoms with E-state index in [1.165, 1.54) is 22.7 Å². The van der Waals surface area contributed by atoms with Crippen LogP contribution in [0.5, 0.6) is 0 Å². The third-order valence-electron chi connectivity index (χ3n) is 2.92. The van der Waals surface area contributed by atoms with Crippen LogP contribution in [0, 0.1) is 6.92 Å². The number of nitrogens with zero attached hydrogens (tertiary/aromatic N) is 3. The Morgan fingerprint density at radius 1 is 1.32 bits per heavy atom. The molecule has 0 aromatic carbocycles. The topological polar surface area (TPSA) is 67.8 Å². The quantitative estimate of drug-likeness (QED) is 0.747. The lowest BCUT2D eigenvalue weighted by Gasteiger charge is -1.97. The van der Waals surface area contributed by atoms with Crippen molar-refractivity contribution in [2.45, 2.75) is 26.7 Å². The average molecular weight is 350 g/mol. The molecule has 0 fully saturated rings. The van der Waals surface area contributed by atoms with Crippen molar-refractivity contribution < 1.29 is 4.79 Å². The van der Waals surface area contributed by atoms with Gasteiger partial charge in [0, 0.05) is 17.4 Å². The highest BCUT2D eigenvalue weighted by molar-refractivity contribution is 7.18. The second kappa shape index (κ2) is 6.64. The lowest BCUT2D eigenvalue weighted by Crippen LogP contribution is -2.11. The van der Waals surface area contributed by atoms with Gasteiger partial charge >= 0.3 is 0 Å². The minimum Gasteiger partial charge on any atom is -0.296 e. The van der Waals surface area contributed by atoms with Crippen LogP contribution in [-0.2, 0) is 6.42 Å². The molecular formula is C14H14N4OS3. The lowest BCUT2D eigenvalue weighted by atomic mass is 10.3. The Morgan fingerprint density at radius 2 is 2.18 bits per heavy atom. The van der Waals surface area contributed by atoms with E-state index in [0.29, 0.717) is 10.0 Å². The number of hydrogen-bond donors (Lipinski definition) is 1. The molecule has 0 spiro atoms. The molecule has 0 aliphatic heterocycles. The number of rotatable bonds is 5. The molecular weight excluding hydrogens is 336 g/mol. The van der Waals surface area contributed by atoms with E-state index >= 15 is 0 Å². The van der Waals surface area contributed by atoms with Crippen LogP contribution in [0.25, 0.3) is 10.6 Å². The Bertz CT molecular complexity index is 776. The first-order valence-corrected chi connectivity index (χ1v) is 9.38. The molecule has 0 unspecified atom stereocenters. The van der Waals surface area contributed by atoms with Crippen LogP contribution in [0.15, 0.2) is 16.8 Å². The summed E-state index contributed by atoms with van der Waals surface area (Å²) >= 11 is 4.44. The highest BCUT2D eigenvalue weighted by atomic mass is 32.1. The number of thiophene rings is 1. The van der Waals surface area contributed by atoms with Gasteiger partial charge in [0.05, 0.1) is 5.69 Å². The van der Waals surface area contributed by atoms with E-state index in [0.717, 1.165) is 34.1 Å². The molecule has 3 rings (SSSR count). The fourth-order valence-electron chi connectivity index (χ4n) is 1.89. The normalized spacial score (nSPS) is 10.8. The maximum Gasteiger partial charge on any atom is 0.269 e. The van der Waals surface area contributed by atoms with Gasteiger partial charge in [-0.15, -0.1) is 21.5 Å². The summed E-state index contributed by atoms with van der Waals surface area (Å²) in [5.74, 6) is -0.171. The summed E-state index contributed by atoms with van der Waals surface area (Å²) in [5, 5.41) is 17.3. The second-order valence-electron chi connectivity index (χ2n) is 4.65. The van der Waals surface area contributed by atoms with Crippen LogP contribution in [0.3, 0.4) is 0 Å². The Morgan fingerprint density at radius 3 is 2.91 bits per heavy atom.